The summed E-state index contributed by atoms with van der Waals surface area (Å²) in [5.41, 5.74) is 1.58. The van der Waals surface area contributed by atoms with Crippen molar-refractivity contribution in [3.05, 3.63) is 57.8 Å². The quantitative estimate of drug-likeness (QED) is 0.816. The number of pyridine rings is 1. The first-order chi connectivity index (χ1) is 10.1. The molecular formula is C15H10Cl2N2O2. The van der Waals surface area contributed by atoms with E-state index < -0.39 is 11.7 Å². The average Bonchev–Trinajstić information content (AvgIpc) is 2.75. The largest absolute Gasteiger partial charge is 0.303 e. The zero-order chi connectivity index (χ0) is 15.0. The minimum absolute atomic E-state index is 0.195. The fraction of sp³-hybridized carbons (Fsp3) is 0.133. The molecule has 0 fully saturated rings. The van der Waals surface area contributed by atoms with Gasteiger partial charge in [0, 0.05) is 18.9 Å². The van der Waals surface area contributed by atoms with E-state index in [9.17, 15) is 9.59 Å². The van der Waals surface area contributed by atoms with Crippen LogP contribution in [0.3, 0.4) is 0 Å². The van der Waals surface area contributed by atoms with Gasteiger partial charge >= 0.3 is 0 Å². The fourth-order valence-corrected chi connectivity index (χ4v) is 2.85. The van der Waals surface area contributed by atoms with E-state index in [1.54, 1.807) is 18.5 Å². The first-order valence-corrected chi connectivity index (χ1v) is 7.08. The van der Waals surface area contributed by atoms with Gasteiger partial charge in [0.25, 0.3) is 11.7 Å². The minimum Gasteiger partial charge on any atom is -0.303 e. The molecule has 1 amide bonds. The molecule has 4 nitrogen and oxygen atoms in total. The summed E-state index contributed by atoms with van der Waals surface area (Å²) in [4.78, 5) is 29.6. The molecule has 1 aromatic heterocycles. The van der Waals surface area contributed by atoms with Crippen LogP contribution in [0, 0.1) is 0 Å². The van der Waals surface area contributed by atoms with Gasteiger partial charge in [-0.1, -0.05) is 29.3 Å². The summed E-state index contributed by atoms with van der Waals surface area (Å²) in [7, 11) is 0. The molecule has 0 aliphatic carbocycles. The van der Waals surface area contributed by atoms with Crippen LogP contribution in [0.4, 0.5) is 5.69 Å². The number of aromatic nitrogens is 1. The molecular weight excluding hydrogens is 311 g/mol. The van der Waals surface area contributed by atoms with Crippen LogP contribution < -0.4 is 4.90 Å². The standard InChI is InChI=1S/C15H10Cl2N2O2/c16-10-3-4-11(17)13-12(10)14(20)15(21)19(13)7-5-9-2-1-6-18-8-9/h1-4,6,8H,5,7H2. The van der Waals surface area contributed by atoms with Gasteiger partial charge in [-0.3, -0.25) is 14.6 Å². The Kier molecular flexibility index (Phi) is 3.66. The van der Waals surface area contributed by atoms with E-state index in [1.807, 2.05) is 12.1 Å². The van der Waals surface area contributed by atoms with Gasteiger partial charge < -0.3 is 4.90 Å². The van der Waals surface area contributed by atoms with Crippen molar-refractivity contribution in [3.8, 4) is 0 Å². The van der Waals surface area contributed by atoms with Crippen molar-refractivity contribution < 1.29 is 9.59 Å². The molecule has 106 valence electrons. The maximum Gasteiger partial charge on any atom is 0.299 e. The number of halogens is 2. The summed E-state index contributed by atoms with van der Waals surface area (Å²) in [5, 5.41) is 0.594. The van der Waals surface area contributed by atoms with E-state index in [2.05, 4.69) is 4.98 Å². The van der Waals surface area contributed by atoms with Gasteiger partial charge in [0.2, 0.25) is 0 Å². The molecule has 0 unspecified atom stereocenters. The third kappa shape index (κ3) is 2.41. The second kappa shape index (κ2) is 5.47. The fourth-order valence-electron chi connectivity index (χ4n) is 2.35. The van der Waals surface area contributed by atoms with Crippen LogP contribution in [-0.4, -0.2) is 23.2 Å². The Hall–Kier alpha value is -1.91. The first-order valence-electron chi connectivity index (χ1n) is 6.32. The van der Waals surface area contributed by atoms with E-state index >= 15 is 0 Å². The van der Waals surface area contributed by atoms with Gasteiger partial charge in [-0.25, -0.2) is 0 Å². The molecule has 6 heteroatoms. The van der Waals surface area contributed by atoms with Gasteiger partial charge in [-0.15, -0.1) is 0 Å². The molecule has 2 aromatic rings. The first kappa shape index (κ1) is 14.0. The zero-order valence-electron chi connectivity index (χ0n) is 10.8. The van der Waals surface area contributed by atoms with Gasteiger partial charge in [0.1, 0.15) is 0 Å². The molecule has 0 bridgehead atoms. The van der Waals surface area contributed by atoms with Crippen LogP contribution in [0.5, 0.6) is 0 Å². The molecule has 1 aliphatic heterocycles. The molecule has 0 saturated heterocycles. The number of anilines is 1. The minimum atomic E-state index is -0.608. The third-order valence-electron chi connectivity index (χ3n) is 3.36. The van der Waals surface area contributed by atoms with Crippen LogP contribution in [0.15, 0.2) is 36.7 Å². The number of carbonyl (C=O) groups excluding carboxylic acids is 2. The van der Waals surface area contributed by atoms with Crippen LogP contribution >= 0.6 is 23.2 Å². The number of amides is 1. The van der Waals surface area contributed by atoms with Crippen molar-refractivity contribution in [3.63, 3.8) is 0 Å². The number of ketones is 1. The Labute approximate surface area is 131 Å². The van der Waals surface area contributed by atoms with Crippen molar-refractivity contribution in [2.45, 2.75) is 6.42 Å². The topological polar surface area (TPSA) is 50.3 Å². The number of Topliss-reactive ketones (excluding diaryl/α,β-unsaturated/α-hetero) is 1. The summed E-state index contributed by atoms with van der Waals surface area (Å²) in [6.45, 7) is 0.351. The number of carbonyl (C=O) groups is 2. The average molecular weight is 321 g/mol. The van der Waals surface area contributed by atoms with E-state index in [4.69, 9.17) is 23.2 Å². The highest BCUT2D eigenvalue weighted by molar-refractivity contribution is 6.56. The maximum absolute atomic E-state index is 12.1. The van der Waals surface area contributed by atoms with Gasteiger partial charge in [-0.05, 0) is 30.2 Å². The second-order valence-corrected chi connectivity index (χ2v) is 5.46. The van der Waals surface area contributed by atoms with Crippen LogP contribution in [-0.2, 0) is 11.2 Å². The lowest BCUT2D eigenvalue weighted by atomic mass is 10.1. The number of benzene rings is 1. The van der Waals surface area contributed by atoms with Gasteiger partial charge in [0.05, 0.1) is 21.3 Å². The predicted octanol–water partition coefficient (Wildman–Crippen LogP) is 3.16. The van der Waals surface area contributed by atoms with Crippen molar-refractivity contribution >= 4 is 40.6 Å². The third-order valence-corrected chi connectivity index (χ3v) is 3.98. The molecule has 0 atom stereocenters. The van der Waals surface area contributed by atoms with E-state index in [1.165, 1.54) is 11.0 Å². The Morgan fingerprint density at radius 2 is 1.86 bits per heavy atom. The highest BCUT2D eigenvalue weighted by atomic mass is 35.5. The number of nitrogens with zero attached hydrogens (tertiary/aromatic N) is 2. The van der Waals surface area contributed by atoms with Gasteiger partial charge in [-0.2, -0.15) is 0 Å². The highest BCUT2D eigenvalue weighted by Crippen LogP contribution is 2.39. The predicted molar refractivity (Wildman–Crippen MR) is 81.1 cm³/mol. The molecule has 0 radical (unpaired) electrons. The van der Waals surface area contributed by atoms with Crippen LogP contribution in [0.2, 0.25) is 10.0 Å². The summed E-state index contributed by atoms with van der Waals surface area (Å²) >= 11 is 12.1. The summed E-state index contributed by atoms with van der Waals surface area (Å²) < 4.78 is 0. The second-order valence-electron chi connectivity index (χ2n) is 4.65. The molecule has 0 saturated carbocycles. The van der Waals surface area contributed by atoms with Crippen LogP contribution in [0.1, 0.15) is 15.9 Å². The number of hydrogen-bond donors (Lipinski definition) is 0. The summed E-state index contributed by atoms with van der Waals surface area (Å²) in [6, 6.07) is 6.85. The van der Waals surface area contributed by atoms with Crippen molar-refractivity contribution in [1.82, 2.24) is 4.98 Å². The van der Waals surface area contributed by atoms with Gasteiger partial charge in [0.15, 0.2) is 0 Å². The Balaban J connectivity index is 1.93. The number of rotatable bonds is 3. The van der Waals surface area contributed by atoms with Crippen LogP contribution in [0.25, 0.3) is 0 Å². The highest BCUT2D eigenvalue weighted by Gasteiger charge is 2.38. The van der Waals surface area contributed by atoms with E-state index in [-0.39, 0.29) is 10.6 Å². The zero-order valence-corrected chi connectivity index (χ0v) is 12.4. The Morgan fingerprint density at radius 3 is 2.57 bits per heavy atom. The van der Waals surface area contributed by atoms with E-state index in [0.29, 0.717) is 23.7 Å². The Morgan fingerprint density at radius 1 is 1.10 bits per heavy atom. The summed E-state index contributed by atoms with van der Waals surface area (Å²) in [5.74, 6) is -1.20. The lowest BCUT2D eigenvalue weighted by Gasteiger charge is -2.17. The van der Waals surface area contributed by atoms with Crippen molar-refractivity contribution in [2.24, 2.45) is 0 Å². The molecule has 0 N–H and O–H groups in total. The molecule has 21 heavy (non-hydrogen) atoms. The number of fused-ring (bicyclic) bond motifs is 1. The molecule has 1 aromatic carbocycles. The molecule has 2 heterocycles. The molecule has 0 spiro atoms. The van der Waals surface area contributed by atoms with Crippen molar-refractivity contribution in [1.29, 1.82) is 0 Å². The molecule has 3 rings (SSSR count). The van der Waals surface area contributed by atoms with Crippen molar-refractivity contribution in [2.75, 3.05) is 11.4 Å². The smallest absolute Gasteiger partial charge is 0.299 e. The van der Waals surface area contributed by atoms with E-state index in [0.717, 1.165) is 5.56 Å². The normalized spacial score (nSPS) is 13.7. The summed E-state index contributed by atoms with van der Waals surface area (Å²) in [6.07, 6.45) is 3.98. The lowest BCUT2D eigenvalue weighted by Crippen LogP contribution is -2.31. The SMILES string of the molecule is O=C1C(=O)N(CCc2cccnc2)c2c(Cl)ccc(Cl)c21. The Bertz CT molecular complexity index is 732. The monoisotopic (exact) mass is 320 g/mol. The molecule has 1 aliphatic rings. The number of hydrogen-bond acceptors (Lipinski definition) is 3. The maximum atomic E-state index is 12.1. The lowest BCUT2D eigenvalue weighted by molar-refractivity contribution is -0.114.